The van der Waals surface area contributed by atoms with Crippen molar-refractivity contribution in [2.24, 2.45) is 0 Å². The van der Waals surface area contributed by atoms with Crippen LogP contribution in [-0.2, 0) is 4.79 Å². The molecule has 158 valence electrons. The van der Waals surface area contributed by atoms with Crippen LogP contribution in [0.1, 0.15) is 23.6 Å². The summed E-state index contributed by atoms with van der Waals surface area (Å²) >= 11 is 0. The predicted molar refractivity (Wildman–Crippen MR) is 114 cm³/mol. The number of carbonyl (C=O) groups excluding carboxylic acids is 1. The molecule has 0 aromatic carbocycles. The summed E-state index contributed by atoms with van der Waals surface area (Å²) in [5.74, 6) is 2.62. The molecular formula is C21H27N7O2. The summed E-state index contributed by atoms with van der Waals surface area (Å²) in [6.45, 7) is 9.73. The maximum absolute atomic E-state index is 12.7. The van der Waals surface area contributed by atoms with Crippen LogP contribution in [0.3, 0.4) is 0 Å². The van der Waals surface area contributed by atoms with Crippen molar-refractivity contribution in [3.05, 3.63) is 41.4 Å². The van der Waals surface area contributed by atoms with Crippen LogP contribution in [0.25, 0.3) is 17.4 Å². The van der Waals surface area contributed by atoms with E-state index in [4.69, 9.17) is 4.42 Å². The van der Waals surface area contributed by atoms with Gasteiger partial charge in [-0.15, -0.1) is 0 Å². The minimum Gasteiger partial charge on any atom is -0.458 e. The monoisotopic (exact) mass is 409 g/mol. The molecule has 4 rings (SSSR count). The van der Waals surface area contributed by atoms with Crippen molar-refractivity contribution >= 4 is 11.7 Å². The van der Waals surface area contributed by atoms with Crippen LogP contribution in [-0.4, -0.2) is 63.3 Å². The number of rotatable bonds is 5. The van der Waals surface area contributed by atoms with Crippen molar-refractivity contribution in [3.63, 3.8) is 0 Å². The Balaban J connectivity index is 1.62. The van der Waals surface area contributed by atoms with Crippen molar-refractivity contribution in [1.29, 1.82) is 0 Å². The van der Waals surface area contributed by atoms with E-state index in [9.17, 15) is 4.79 Å². The van der Waals surface area contributed by atoms with Gasteiger partial charge in [0, 0.05) is 24.8 Å². The first kappa shape index (κ1) is 20.2. The Kier molecular flexibility index (Phi) is 5.91. The van der Waals surface area contributed by atoms with Crippen molar-refractivity contribution in [2.75, 3.05) is 38.0 Å². The van der Waals surface area contributed by atoms with Crippen molar-refractivity contribution in [3.8, 4) is 17.4 Å². The number of nitrogens with zero attached hydrogens (tertiary/aromatic N) is 5. The summed E-state index contributed by atoms with van der Waals surface area (Å²) in [5.41, 5.74) is 1.84. The highest BCUT2D eigenvalue weighted by molar-refractivity contribution is 5.91. The largest absolute Gasteiger partial charge is 0.458 e. The van der Waals surface area contributed by atoms with Gasteiger partial charge in [-0.25, -0.2) is 14.6 Å². The van der Waals surface area contributed by atoms with E-state index in [0.717, 1.165) is 49.7 Å². The van der Waals surface area contributed by atoms with Crippen LogP contribution in [0.4, 0.5) is 5.82 Å². The van der Waals surface area contributed by atoms with Crippen LogP contribution in [0.5, 0.6) is 0 Å². The number of aryl methyl sites for hydroxylation is 3. The molecule has 0 saturated carbocycles. The molecule has 2 N–H and O–H groups in total. The van der Waals surface area contributed by atoms with Crippen LogP contribution >= 0.6 is 0 Å². The normalized spacial score (nSPS) is 15.2. The van der Waals surface area contributed by atoms with E-state index in [-0.39, 0.29) is 5.91 Å². The fourth-order valence-corrected chi connectivity index (χ4v) is 3.58. The van der Waals surface area contributed by atoms with Crippen LogP contribution in [0, 0.1) is 20.8 Å². The lowest BCUT2D eigenvalue weighted by atomic mass is 10.3. The summed E-state index contributed by atoms with van der Waals surface area (Å²) in [7, 11) is 0. The van der Waals surface area contributed by atoms with Gasteiger partial charge in [0.2, 0.25) is 5.91 Å². The molecule has 0 radical (unpaired) electrons. The SMILES string of the molecule is Cc1cc(C)n(-c2cc(NC(=O)CN3CCCNCC3)nc(-c3ccc(C)o3)n2)n1. The third-order valence-electron chi connectivity index (χ3n) is 4.97. The number of aromatic nitrogens is 4. The molecule has 4 heterocycles. The second kappa shape index (κ2) is 8.76. The van der Waals surface area contributed by atoms with Gasteiger partial charge in [0.25, 0.3) is 0 Å². The first-order valence-corrected chi connectivity index (χ1v) is 10.2. The summed E-state index contributed by atoms with van der Waals surface area (Å²) in [5, 5.41) is 10.8. The number of carbonyl (C=O) groups is 1. The minimum atomic E-state index is -0.100. The van der Waals surface area contributed by atoms with E-state index in [1.807, 2.05) is 39.0 Å². The van der Waals surface area contributed by atoms with Gasteiger partial charge in [0.05, 0.1) is 12.2 Å². The average molecular weight is 409 g/mol. The Morgan fingerprint density at radius 2 is 2.03 bits per heavy atom. The summed E-state index contributed by atoms with van der Waals surface area (Å²) in [6, 6.07) is 7.40. The highest BCUT2D eigenvalue weighted by Crippen LogP contribution is 2.22. The number of amides is 1. The van der Waals surface area contributed by atoms with E-state index in [2.05, 4.69) is 30.6 Å². The van der Waals surface area contributed by atoms with Crippen LogP contribution in [0.2, 0.25) is 0 Å². The lowest BCUT2D eigenvalue weighted by molar-refractivity contribution is -0.117. The van der Waals surface area contributed by atoms with Gasteiger partial charge in [-0.05, 0) is 58.5 Å². The number of furan rings is 1. The molecule has 9 heteroatoms. The second-order valence-corrected chi connectivity index (χ2v) is 7.61. The Morgan fingerprint density at radius 3 is 2.77 bits per heavy atom. The van der Waals surface area contributed by atoms with Gasteiger partial charge in [0.15, 0.2) is 17.4 Å². The third kappa shape index (κ3) is 4.74. The number of hydrogen-bond acceptors (Lipinski definition) is 7. The summed E-state index contributed by atoms with van der Waals surface area (Å²) in [6.07, 6.45) is 1.03. The number of anilines is 1. The molecule has 3 aromatic rings. The Morgan fingerprint density at radius 1 is 1.17 bits per heavy atom. The molecule has 1 aliphatic heterocycles. The molecule has 0 aliphatic carbocycles. The van der Waals surface area contributed by atoms with Gasteiger partial charge in [-0.3, -0.25) is 9.69 Å². The molecule has 1 fully saturated rings. The molecule has 3 aromatic heterocycles. The molecule has 0 atom stereocenters. The zero-order valence-electron chi connectivity index (χ0n) is 17.6. The quantitative estimate of drug-likeness (QED) is 0.665. The zero-order chi connectivity index (χ0) is 21.1. The van der Waals surface area contributed by atoms with E-state index >= 15 is 0 Å². The van der Waals surface area contributed by atoms with Crippen molar-refractivity contribution in [2.45, 2.75) is 27.2 Å². The van der Waals surface area contributed by atoms with Crippen LogP contribution < -0.4 is 10.6 Å². The molecule has 1 saturated heterocycles. The molecule has 0 spiro atoms. The first-order valence-electron chi connectivity index (χ1n) is 10.2. The lowest BCUT2D eigenvalue weighted by Gasteiger charge is -2.18. The average Bonchev–Trinajstić information content (AvgIpc) is 3.18. The number of hydrogen-bond donors (Lipinski definition) is 2. The minimum absolute atomic E-state index is 0.100. The highest BCUT2D eigenvalue weighted by Gasteiger charge is 2.17. The van der Waals surface area contributed by atoms with Crippen molar-refractivity contribution < 1.29 is 9.21 Å². The number of nitrogens with one attached hydrogen (secondary N) is 2. The first-order chi connectivity index (χ1) is 14.5. The van der Waals surface area contributed by atoms with Gasteiger partial charge in [-0.2, -0.15) is 5.10 Å². The Labute approximate surface area is 175 Å². The topological polar surface area (TPSA) is 101 Å². The third-order valence-corrected chi connectivity index (χ3v) is 4.97. The zero-order valence-corrected chi connectivity index (χ0v) is 17.6. The van der Waals surface area contributed by atoms with Gasteiger partial charge in [-0.1, -0.05) is 0 Å². The predicted octanol–water partition coefficient (Wildman–Crippen LogP) is 2.08. The smallest absolute Gasteiger partial charge is 0.239 e. The van der Waals surface area contributed by atoms with Gasteiger partial charge in [0.1, 0.15) is 11.6 Å². The second-order valence-electron chi connectivity index (χ2n) is 7.61. The lowest BCUT2D eigenvalue weighted by Crippen LogP contribution is -2.35. The molecule has 9 nitrogen and oxygen atoms in total. The molecule has 30 heavy (non-hydrogen) atoms. The molecule has 0 bridgehead atoms. The Hall–Kier alpha value is -3.04. The standard InChI is InChI=1S/C21H27N7O2/c1-14-11-15(2)28(26-14)19-12-18(24-21(25-19)17-6-5-16(3)30-17)23-20(29)13-27-9-4-7-22-8-10-27/h5-6,11-12,22H,4,7-10,13H2,1-3H3,(H,23,24,25,29). The van der Waals surface area contributed by atoms with Crippen LogP contribution in [0.15, 0.2) is 28.7 Å². The Bertz CT molecular complexity index is 1030. The van der Waals surface area contributed by atoms with Gasteiger partial charge >= 0.3 is 0 Å². The molecular weight excluding hydrogens is 382 g/mol. The molecule has 0 unspecified atom stereocenters. The summed E-state index contributed by atoms with van der Waals surface area (Å²) in [4.78, 5) is 24.0. The van der Waals surface area contributed by atoms with E-state index in [1.165, 1.54) is 0 Å². The van der Waals surface area contributed by atoms with E-state index in [0.29, 0.717) is 29.8 Å². The fourth-order valence-electron chi connectivity index (χ4n) is 3.58. The van der Waals surface area contributed by atoms with Crippen molar-refractivity contribution in [1.82, 2.24) is 30.0 Å². The van der Waals surface area contributed by atoms with Gasteiger partial charge < -0.3 is 15.1 Å². The molecule has 1 aliphatic rings. The summed E-state index contributed by atoms with van der Waals surface area (Å²) < 4.78 is 7.45. The highest BCUT2D eigenvalue weighted by atomic mass is 16.3. The maximum Gasteiger partial charge on any atom is 0.239 e. The van der Waals surface area contributed by atoms with E-state index < -0.39 is 0 Å². The van der Waals surface area contributed by atoms with E-state index in [1.54, 1.807) is 10.7 Å². The fraction of sp³-hybridized carbons (Fsp3) is 0.429. The molecule has 1 amide bonds. The maximum atomic E-state index is 12.7.